The van der Waals surface area contributed by atoms with Crippen LogP contribution in [0, 0.1) is 0 Å². The number of aliphatic imine (C=N–C) groups is 1. The van der Waals surface area contributed by atoms with E-state index in [1.807, 2.05) is 30.3 Å². The van der Waals surface area contributed by atoms with E-state index in [9.17, 15) is 13.2 Å². The summed E-state index contributed by atoms with van der Waals surface area (Å²) in [5.41, 5.74) is 2.01. The van der Waals surface area contributed by atoms with Crippen LogP contribution in [0.15, 0.2) is 45.9 Å². The Kier molecular flexibility index (Phi) is 7.95. The molecule has 0 spiro atoms. The van der Waals surface area contributed by atoms with Crippen molar-refractivity contribution in [3.63, 3.8) is 0 Å². The highest BCUT2D eigenvalue weighted by atomic mass is 32.2. The molecule has 1 atom stereocenters. The molecule has 0 bridgehead atoms. The zero-order valence-corrected chi connectivity index (χ0v) is 21.4. The van der Waals surface area contributed by atoms with E-state index in [4.69, 9.17) is 9.26 Å². The largest absolute Gasteiger partial charge is 0.379 e. The second-order valence-corrected chi connectivity index (χ2v) is 11.9. The summed E-state index contributed by atoms with van der Waals surface area (Å²) in [5, 5.41) is 3.91. The van der Waals surface area contributed by atoms with Gasteiger partial charge in [0.2, 0.25) is 10.0 Å². The summed E-state index contributed by atoms with van der Waals surface area (Å²) >= 11 is 0. The maximum absolute atomic E-state index is 13.4. The zero-order valence-electron chi connectivity index (χ0n) is 20.5. The van der Waals surface area contributed by atoms with E-state index in [2.05, 4.69) is 15.0 Å². The van der Waals surface area contributed by atoms with E-state index >= 15 is 0 Å². The molecule has 0 unspecified atom stereocenters. The summed E-state index contributed by atoms with van der Waals surface area (Å²) in [6.45, 7) is 4.19. The SMILES string of the molecule is O=C(N=C1CCN(S(=O)(=O)CCCN2CCOCC2)[C@H](Cc2ccccc2)C1)c1cc(C2CC2)on1. The third kappa shape index (κ3) is 6.47. The van der Waals surface area contributed by atoms with Crippen molar-refractivity contribution >= 4 is 21.6 Å². The number of hydrogen-bond donors (Lipinski definition) is 0. The zero-order chi connectivity index (χ0) is 25.0. The van der Waals surface area contributed by atoms with E-state index in [1.54, 1.807) is 10.4 Å². The molecule has 3 aliphatic rings. The van der Waals surface area contributed by atoms with Crippen molar-refractivity contribution in [1.82, 2.24) is 14.4 Å². The van der Waals surface area contributed by atoms with Crippen LogP contribution in [-0.2, 0) is 21.2 Å². The number of nitrogens with zero attached hydrogens (tertiary/aromatic N) is 4. The van der Waals surface area contributed by atoms with Gasteiger partial charge in [0.05, 0.1) is 19.0 Å². The molecular weight excluding hydrogens is 480 g/mol. The molecule has 2 aromatic rings. The number of carbonyl (C=O) groups is 1. The Morgan fingerprint density at radius 2 is 1.89 bits per heavy atom. The summed E-state index contributed by atoms with van der Waals surface area (Å²) in [6.07, 6.45) is 4.16. The summed E-state index contributed by atoms with van der Waals surface area (Å²) < 4.78 is 39.1. The molecule has 1 aromatic carbocycles. The molecule has 3 heterocycles. The Balaban J connectivity index is 1.26. The van der Waals surface area contributed by atoms with Crippen LogP contribution in [0.2, 0.25) is 0 Å². The van der Waals surface area contributed by atoms with E-state index in [0.717, 1.165) is 49.5 Å². The van der Waals surface area contributed by atoms with Crippen molar-refractivity contribution in [3.8, 4) is 0 Å². The minimum atomic E-state index is -3.45. The predicted molar refractivity (Wildman–Crippen MR) is 136 cm³/mol. The lowest BCUT2D eigenvalue weighted by atomic mass is 9.96. The van der Waals surface area contributed by atoms with Gasteiger partial charge < -0.3 is 9.26 Å². The highest BCUT2D eigenvalue weighted by Gasteiger charge is 2.35. The molecular formula is C26H34N4O5S. The van der Waals surface area contributed by atoms with Gasteiger partial charge in [0.1, 0.15) is 5.76 Å². The average molecular weight is 515 g/mol. The Morgan fingerprint density at radius 3 is 2.64 bits per heavy atom. The number of aromatic nitrogens is 1. The molecule has 36 heavy (non-hydrogen) atoms. The number of hydrogen-bond acceptors (Lipinski definition) is 7. The van der Waals surface area contributed by atoms with Crippen LogP contribution in [-0.4, -0.2) is 85.6 Å². The average Bonchev–Trinajstić information content (AvgIpc) is 3.61. The molecule has 1 saturated carbocycles. The van der Waals surface area contributed by atoms with Gasteiger partial charge >= 0.3 is 0 Å². The maximum Gasteiger partial charge on any atom is 0.299 e. The first kappa shape index (κ1) is 25.3. The number of piperidine rings is 1. The van der Waals surface area contributed by atoms with Crippen molar-refractivity contribution in [2.24, 2.45) is 4.99 Å². The predicted octanol–water partition coefficient (Wildman–Crippen LogP) is 2.89. The third-order valence-electron chi connectivity index (χ3n) is 7.14. The number of ether oxygens (including phenoxy) is 1. The Bertz CT molecular complexity index is 1170. The Hall–Kier alpha value is -2.40. The van der Waals surface area contributed by atoms with Gasteiger partial charge in [-0.2, -0.15) is 4.31 Å². The van der Waals surface area contributed by atoms with Gasteiger partial charge in [0.15, 0.2) is 5.69 Å². The highest BCUT2D eigenvalue weighted by molar-refractivity contribution is 7.89. The molecule has 3 fully saturated rings. The first-order chi connectivity index (χ1) is 17.5. The lowest BCUT2D eigenvalue weighted by Gasteiger charge is -2.36. The van der Waals surface area contributed by atoms with Crippen LogP contribution in [0.4, 0.5) is 0 Å². The van der Waals surface area contributed by atoms with Gasteiger partial charge in [0, 0.05) is 49.8 Å². The first-order valence-corrected chi connectivity index (χ1v) is 14.5. The van der Waals surface area contributed by atoms with Crippen LogP contribution in [0.25, 0.3) is 0 Å². The quantitative estimate of drug-likeness (QED) is 0.507. The normalized spacial score (nSPS) is 23.2. The fourth-order valence-corrected chi connectivity index (χ4v) is 6.69. The number of benzene rings is 1. The van der Waals surface area contributed by atoms with Crippen molar-refractivity contribution in [2.75, 3.05) is 45.1 Å². The summed E-state index contributed by atoms with van der Waals surface area (Å²) in [6, 6.07) is 11.3. The molecule has 2 aliphatic heterocycles. The summed E-state index contributed by atoms with van der Waals surface area (Å²) in [7, 11) is -3.45. The molecule has 1 amide bonds. The number of rotatable bonds is 9. The van der Waals surface area contributed by atoms with Gasteiger partial charge in [-0.05, 0) is 44.2 Å². The lowest BCUT2D eigenvalue weighted by molar-refractivity contribution is 0.0380. The minimum absolute atomic E-state index is 0.115. The van der Waals surface area contributed by atoms with Crippen molar-refractivity contribution in [2.45, 2.75) is 50.5 Å². The number of carbonyl (C=O) groups excluding carboxylic acids is 1. The van der Waals surface area contributed by atoms with Crippen LogP contribution >= 0.6 is 0 Å². The smallest absolute Gasteiger partial charge is 0.299 e. The second-order valence-electron chi connectivity index (χ2n) is 9.90. The van der Waals surface area contributed by atoms with E-state index < -0.39 is 15.9 Å². The van der Waals surface area contributed by atoms with E-state index in [1.165, 1.54) is 0 Å². The molecule has 1 aliphatic carbocycles. The molecule has 5 rings (SSSR count). The third-order valence-corrected chi connectivity index (χ3v) is 9.14. The highest BCUT2D eigenvalue weighted by Crippen LogP contribution is 2.40. The summed E-state index contributed by atoms with van der Waals surface area (Å²) in [5.74, 6) is 0.822. The fraction of sp³-hybridized carbons (Fsp3) is 0.577. The van der Waals surface area contributed by atoms with Crippen molar-refractivity contribution in [3.05, 3.63) is 53.4 Å². The Morgan fingerprint density at radius 1 is 1.11 bits per heavy atom. The van der Waals surface area contributed by atoms with Gasteiger partial charge in [-0.3, -0.25) is 9.69 Å². The lowest BCUT2D eigenvalue weighted by Crippen LogP contribution is -2.48. The van der Waals surface area contributed by atoms with Crippen LogP contribution in [0.5, 0.6) is 0 Å². The molecule has 10 heteroatoms. The van der Waals surface area contributed by atoms with Crippen molar-refractivity contribution in [1.29, 1.82) is 0 Å². The van der Waals surface area contributed by atoms with Crippen LogP contribution in [0.3, 0.4) is 0 Å². The monoisotopic (exact) mass is 514 g/mol. The second kappa shape index (κ2) is 11.3. The molecule has 194 valence electrons. The van der Waals surface area contributed by atoms with Crippen molar-refractivity contribution < 1.29 is 22.5 Å². The number of amides is 1. The van der Waals surface area contributed by atoms with Crippen LogP contribution < -0.4 is 0 Å². The fourth-order valence-electron chi connectivity index (χ4n) is 4.99. The topological polar surface area (TPSA) is 105 Å². The van der Waals surface area contributed by atoms with Gasteiger partial charge in [-0.1, -0.05) is 35.5 Å². The van der Waals surface area contributed by atoms with Gasteiger partial charge in [-0.25, -0.2) is 13.4 Å². The van der Waals surface area contributed by atoms with E-state index in [0.29, 0.717) is 51.4 Å². The summed E-state index contributed by atoms with van der Waals surface area (Å²) in [4.78, 5) is 19.4. The van der Waals surface area contributed by atoms with Crippen LogP contribution in [0.1, 0.15) is 59.8 Å². The molecule has 1 aromatic heterocycles. The number of sulfonamides is 1. The first-order valence-electron chi connectivity index (χ1n) is 12.9. The minimum Gasteiger partial charge on any atom is -0.379 e. The van der Waals surface area contributed by atoms with E-state index in [-0.39, 0.29) is 17.5 Å². The Labute approximate surface area is 212 Å². The molecule has 9 nitrogen and oxygen atoms in total. The maximum atomic E-state index is 13.4. The standard InChI is InChI=1S/C26H34N4O5S/c31-26(24-19-25(35-28-24)21-7-8-21)27-22-9-11-30(23(18-22)17-20-5-2-1-3-6-20)36(32,33)16-4-10-29-12-14-34-15-13-29/h1-3,5-6,19,21,23H,4,7-18H2/t23-/m1/s1. The van der Waals surface area contributed by atoms with Gasteiger partial charge in [0.25, 0.3) is 5.91 Å². The van der Waals surface area contributed by atoms with Gasteiger partial charge in [-0.15, -0.1) is 0 Å². The number of morpholine rings is 1. The molecule has 2 saturated heterocycles. The molecule has 0 radical (unpaired) electrons. The molecule has 0 N–H and O–H groups in total.